The molecule has 0 fully saturated rings. The highest BCUT2D eigenvalue weighted by Crippen LogP contribution is 2.20. The summed E-state index contributed by atoms with van der Waals surface area (Å²) in [6.07, 6.45) is 1.17. The second-order valence-corrected chi connectivity index (χ2v) is 2.70. The lowest BCUT2D eigenvalue weighted by molar-refractivity contribution is -0.114. The number of amides is 1. The molecule has 0 atom stereocenters. The maximum atomic E-state index is 10.8. The van der Waals surface area contributed by atoms with E-state index in [-0.39, 0.29) is 11.7 Å². The zero-order chi connectivity index (χ0) is 10.6. The zero-order valence-electron chi connectivity index (χ0n) is 7.56. The number of phenolic OH excluding ortho intramolecular Hbond substituents is 1. The Balaban J connectivity index is 3.08. The average molecular weight is 194 g/mol. The van der Waals surface area contributed by atoms with Gasteiger partial charge in [0.25, 0.3) is 0 Å². The Hall–Kier alpha value is -2.04. The van der Waals surface area contributed by atoms with Crippen molar-refractivity contribution in [2.45, 2.75) is 6.92 Å². The van der Waals surface area contributed by atoms with Gasteiger partial charge < -0.3 is 15.6 Å². The van der Waals surface area contributed by atoms with Crippen molar-refractivity contribution in [3.05, 3.63) is 23.8 Å². The number of hydrogen-bond donors (Lipinski definition) is 3. The van der Waals surface area contributed by atoms with Gasteiger partial charge in [0.1, 0.15) is 5.75 Å². The monoisotopic (exact) mass is 194 g/mol. The van der Waals surface area contributed by atoms with Crippen molar-refractivity contribution in [3.8, 4) is 5.75 Å². The summed E-state index contributed by atoms with van der Waals surface area (Å²) < 4.78 is 0. The maximum Gasteiger partial charge on any atom is 0.221 e. The molecule has 5 nitrogen and oxygen atoms in total. The molecule has 14 heavy (non-hydrogen) atoms. The predicted molar refractivity (Wildman–Crippen MR) is 51.8 cm³/mol. The third-order valence-corrected chi connectivity index (χ3v) is 1.54. The number of anilines is 1. The van der Waals surface area contributed by atoms with Crippen LogP contribution in [-0.4, -0.2) is 22.4 Å². The Morgan fingerprint density at radius 3 is 2.86 bits per heavy atom. The van der Waals surface area contributed by atoms with Gasteiger partial charge >= 0.3 is 0 Å². The van der Waals surface area contributed by atoms with E-state index in [1.165, 1.54) is 31.3 Å². The van der Waals surface area contributed by atoms with Crippen LogP contribution in [-0.2, 0) is 4.79 Å². The minimum Gasteiger partial charge on any atom is -0.508 e. The van der Waals surface area contributed by atoms with Gasteiger partial charge in [-0.2, -0.15) is 0 Å². The average Bonchev–Trinajstić information content (AvgIpc) is 2.09. The normalized spacial score (nSPS) is 10.4. The van der Waals surface area contributed by atoms with Gasteiger partial charge in [-0.15, -0.1) is 0 Å². The summed E-state index contributed by atoms with van der Waals surface area (Å²) in [6.45, 7) is 1.35. The van der Waals surface area contributed by atoms with Crippen LogP contribution in [0.1, 0.15) is 12.5 Å². The lowest BCUT2D eigenvalue weighted by Gasteiger charge is -2.05. The molecule has 0 aliphatic rings. The number of aromatic hydroxyl groups is 1. The molecule has 0 radical (unpaired) electrons. The van der Waals surface area contributed by atoms with Crippen molar-refractivity contribution < 1.29 is 15.1 Å². The van der Waals surface area contributed by atoms with Crippen LogP contribution >= 0.6 is 0 Å². The first-order valence-corrected chi connectivity index (χ1v) is 3.91. The molecule has 5 heteroatoms. The van der Waals surface area contributed by atoms with Gasteiger partial charge in [-0.25, -0.2) is 0 Å². The van der Waals surface area contributed by atoms with Gasteiger partial charge in [0.15, 0.2) is 0 Å². The van der Waals surface area contributed by atoms with Gasteiger partial charge in [0.2, 0.25) is 5.91 Å². The van der Waals surface area contributed by atoms with Crippen molar-refractivity contribution in [1.82, 2.24) is 0 Å². The summed E-state index contributed by atoms with van der Waals surface area (Å²) in [7, 11) is 0. The Labute approximate surface area is 80.7 Å². The number of rotatable bonds is 2. The highest BCUT2D eigenvalue weighted by atomic mass is 16.4. The quantitative estimate of drug-likeness (QED) is 0.375. The van der Waals surface area contributed by atoms with Crippen LogP contribution in [0.4, 0.5) is 5.69 Å². The lowest BCUT2D eigenvalue weighted by atomic mass is 10.2. The van der Waals surface area contributed by atoms with Crippen LogP contribution < -0.4 is 5.32 Å². The number of nitrogens with one attached hydrogen (secondary N) is 1. The van der Waals surface area contributed by atoms with Crippen LogP contribution in [0.15, 0.2) is 23.4 Å². The van der Waals surface area contributed by atoms with Gasteiger partial charge in [-0.3, -0.25) is 4.79 Å². The van der Waals surface area contributed by atoms with Crippen LogP contribution in [0.3, 0.4) is 0 Å². The van der Waals surface area contributed by atoms with Crippen molar-refractivity contribution in [1.29, 1.82) is 0 Å². The molecular formula is C9H10N2O3. The smallest absolute Gasteiger partial charge is 0.221 e. The van der Waals surface area contributed by atoms with E-state index in [9.17, 15) is 4.79 Å². The summed E-state index contributed by atoms with van der Waals surface area (Å²) >= 11 is 0. The fourth-order valence-corrected chi connectivity index (χ4v) is 1.02. The largest absolute Gasteiger partial charge is 0.508 e. The first-order chi connectivity index (χ1) is 6.63. The molecule has 1 rings (SSSR count). The van der Waals surface area contributed by atoms with Gasteiger partial charge in [-0.1, -0.05) is 5.16 Å². The van der Waals surface area contributed by atoms with E-state index >= 15 is 0 Å². The van der Waals surface area contributed by atoms with Crippen molar-refractivity contribution in [2.24, 2.45) is 5.16 Å². The molecule has 0 aliphatic carbocycles. The topological polar surface area (TPSA) is 81.9 Å². The number of phenols is 1. The lowest BCUT2D eigenvalue weighted by Crippen LogP contribution is -2.07. The van der Waals surface area contributed by atoms with Crippen LogP contribution in [0.25, 0.3) is 0 Å². The first kappa shape index (κ1) is 10.0. The van der Waals surface area contributed by atoms with Crippen LogP contribution in [0, 0.1) is 0 Å². The summed E-state index contributed by atoms with van der Waals surface area (Å²) in [5.41, 5.74) is 0.913. The van der Waals surface area contributed by atoms with Crippen molar-refractivity contribution in [3.63, 3.8) is 0 Å². The Kier molecular flexibility index (Phi) is 3.06. The molecule has 0 aromatic heterocycles. The number of hydrogen-bond acceptors (Lipinski definition) is 4. The number of carbonyl (C=O) groups excluding carboxylic acids is 1. The Morgan fingerprint density at radius 1 is 1.57 bits per heavy atom. The first-order valence-electron chi connectivity index (χ1n) is 3.91. The standard InChI is InChI=1S/C9H10N2O3/c1-6(12)11-9-4-8(13)3-2-7(9)5-10-14/h2-5,13-14H,1H3,(H,11,12)/b10-5+. The van der Waals surface area contributed by atoms with E-state index in [1.807, 2.05) is 0 Å². The number of benzene rings is 1. The second-order valence-electron chi connectivity index (χ2n) is 2.70. The summed E-state index contributed by atoms with van der Waals surface area (Å²) in [5.74, 6) is -0.230. The highest BCUT2D eigenvalue weighted by molar-refractivity contribution is 5.96. The van der Waals surface area contributed by atoms with E-state index in [2.05, 4.69) is 10.5 Å². The maximum absolute atomic E-state index is 10.8. The van der Waals surface area contributed by atoms with Crippen LogP contribution in [0.2, 0.25) is 0 Å². The molecule has 0 saturated heterocycles. The summed E-state index contributed by atoms with van der Waals surface area (Å²) in [4.78, 5) is 10.8. The highest BCUT2D eigenvalue weighted by Gasteiger charge is 2.03. The van der Waals surface area contributed by atoms with E-state index < -0.39 is 0 Å². The fraction of sp³-hybridized carbons (Fsp3) is 0.111. The van der Waals surface area contributed by atoms with Crippen LogP contribution in [0.5, 0.6) is 5.75 Å². The van der Waals surface area contributed by atoms with Crippen molar-refractivity contribution in [2.75, 3.05) is 5.32 Å². The SMILES string of the molecule is CC(=O)Nc1cc(O)ccc1/C=N/O. The Bertz CT molecular complexity index is 374. The number of nitrogens with zero attached hydrogens (tertiary/aromatic N) is 1. The fourth-order valence-electron chi connectivity index (χ4n) is 1.02. The molecule has 0 saturated carbocycles. The molecule has 1 amide bonds. The van der Waals surface area contributed by atoms with E-state index in [0.29, 0.717) is 11.3 Å². The third-order valence-electron chi connectivity index (χ3n) is 1.54. The van der Waals surface area contributed by atoms with E-state index in [1.54, 1.807) is 0 Å². The van der Waals surface area contributed by atoms with Gasteiger partial charge in [0.05, 0.1) is 11.9 Å². The molecular weight excluding hydrogens is 184 g/mol. The molecule has 0 heterocycles. The molecule has 0 spiro atoms. The Morgan fingerprint density at radius 2 is 2.29 bits per heavy atom. The van der Waals surface area contributed by atoms with Crippen molar-refractivity contribution >= 4 is 17.8 Å². The zero-order valence-corrected chi connectivity index (χ0v) is 7.56. The molecule has 74 valence electrons. The predicted octanol–water partition coefficient (Wildman–Crippen LogP) is 1.16. The molecule has 1 aromatic carbocycles. The number of carbonyl (C=O) groups is 1. The molecule has 3 N–H and O–H groups in total. The minimum absolute atomic E-state index is 0.0313. The molecule has 0 bridgehead atoms. The van der Waals surface area contributed by atoms with E-state index in [0.717, 1.165) is 0 Å². The summed E-state index contributed by atoms with van der Waals surface area (Å²) in [5, 5.41) is 22.8. The minimum atomic E-state index is -0.261. The van der Waals surface area contributed by atoms with Gasteiger partial charge in [-0.05, 0) is 12.1 Å². The third kappa shape index (κ3) is 2.48. The molecule has 0 aliphatic heterocycles. The summed E-state index contributed by atoms with van der Waals surface area (Å²) in [6, 6.07) is 4.33. The second kappa shape index (κ2) is 4.27. The van der Waals surface area contributed by atoms with Gasteiger partial charge in [0, 0.05) is 18.6 Å². The number of oxime groups is 1. The molecule has 0 unspecified atom stereocenters. The molecule has 1 aromatic rings. The van der Waals surface area contributed by atoms with E-state index in [4.69, 9.17) is 10.3 Å².